The maximum atomic E-state index is 10.0. The van der Waals surface area contributed by atoms with Gasteiger partial charge >= 0.3 is 0 Å². The van der Waals surface area contributed by atoms with Crippen LogP contribution in [0.1, 0.15) is 96.4 Å². The van der Waals surface area contributed by atoms with E-state index in [4.69, 9.17) is 14.5 Å². The maximum absolute atomic E-state index is 10.0. The Morgan fingerprint density at radius 1 is 0.950 bits per heavy atom. The number of furan rings is 1. The van der Waals surface area contributed by atoms with E-state index < -0.39 is 0 Å². The Bertz CT molecular complexity index is 1470. The van der Waals surface area contributed by atoms with E-state index in [9.17, 15) is 4.79 Å². The summed E-state index contributed by atoms with van der Waals surface area (Å²) < 4.78 is 6.29. The summed E-state index contributed by atoms with van der Waals surface area (Å²) in [6.07, 6.45) is 1.17. The molecule has 4 aromatic rings. The number of aliphatic hydroxyl groups is 1. The molecule has 215 valence electrons. The molecule has 0 aliphatic carbocycles. The second-order valence-electron chi connectivity index (χ2n) is 12.0. The fraction of sp³-hybridized carbons (Fsp3) is 0.371. The van der Waals surface area contributed by atoms with Crippen molar-refractivity contribution in [2.24, 2.45) is 0 Å². The molecule has 1 radical (unpaired) electrons. The second-order valence-corrected chi connectivity index (χ2v) is 12.0. The number of benzene rings is 2. The van der Waals surface area contributed by atoms with Gasteiger partial charge in [0.2, 0.25) is 5.71 Å². The zero-order chi connectivity index (χ0) is 29.1. The monoisotopic (exact) mass is 717 g/mol. The summed E-state index contributed by atoms with van der Waals surface area (Å²) in [5.41, 5.74) is 8.87. The van der Waals surface area contributed by atoms with Gasteiger partial charge in [-0.25, -0.2) is 0 Å². The Balaban J connectivity index is 0.000000623. The summed E-state index contributed by atoms with van der Waals surface area (Å²) in [6.45, 7) is 20.6. The molecule has 0 atom stereocenters. The number of nitrogens with zero attached hydrogens (tertiary/aromatic N) is 1. The largest absolute Gasteiger partial charge is 0.512 e. The third-order valence-corrected chi connectivity index (χ3v) is 6.54. The minimum absolute atomic E-state index is 0. The summed E-state index contributed by atoms with van der Waals surface area (Å²) in [4.78, 5) is 14.9. The van der Waals surface area contributed by atoms with E-state index in [1.54, 1.807) is 0 Å². The number of fused-ring (bicyclic) bond motifs is 1. The van der Waals surface area contributed by atoms with Crippen LogP contribution in [0.4, 0.5) is 0 Å². The van der Waals surface area contributed by atoms with Crippen LogP contribution in [-0.4, -0.2) is 15.9 Å². The van der Waals surface area contributed by atoms with Gasteiger partial charge in [0.15, 0.2) is 5.78 Å². The van der Waals surface area contributed by atoms with Crippen molar-refractivity contribution in [2.45, 2.75) is 86.5 Å². The van der Waals surface area contributed by atoms with Gasteiger partial charge in [0.05, 0.1) is 5.76 Å². The molecule has 40 heavy (non-hydrogen) atoms. The van der Waals surface area contributed by atoms with E-state index in [1.165, 1.54) is 36.6 Å². The zero-order valence-electron chi connectivity index (χ0n) is 25.4. The molecule has 2 aromatic carbocycles. The Labute approximate surface area is 253 Å². The van der Waals surface area contributed by atoms with E-state index >= 15 is 0 Å². The molecule has 0 aliphatic rings. The van der Waals surface area contributed by atoms with Crippen LogP contribution in [0.15, 0.2) is 64.8 Å². The normalized spacial score (nSPS) is 11.8. The number of hydrogen-bond acceptors (Lipinski definition) is 4. The van der Waals surface area contributed by atoms with E-state index in [0.717, 1.165) is 33.5 Å². The van der Waals surface area contributed by atoms with Gasteiger partial charge in [-0.2, -0.15) is 0 Å². The first-order chi connectivity index (χ1) is 18.1. The number of aromatic nitrogens is 1. The summed E-state index contributed by atoms with van der Waals surface area (Å²) in [5, 5.41) is 9.38. The van der Waals surface area contributed by atoms with Crippen molar-refractivity contribution >= 4 is 16.9 Å². The van der Waals surface area contributed by atoms with Crippen molar-refractivity contribution in [3.8, 4) is 22.6 Å². The van der Waals surface area contributed by atoms with Gasteiger partial charge in [0, 0.05) is 37.1 Å². The van der Waals surface area contributed by atoms with Crippen LogP contribution in [0, 0.1) is 13.0 Å². The number of hydrogen-bond donors (Lipinski definition) is 1. The van der Waals surface area contributed by atoms with Crippen LogP contribution in [0.25, 0.3) is 33.7 Å². The van der Waals surface area contributed by atoms with Crippen LogP contribution in [0.5, 0.6) is 0 Å². The molecule has 0 spiro atoms. The maximum Gasteiger partial charge on any atom is 0.217 e. The van der Waals surface area contributed by atoms with Gasteiger partial charge in [-0.3, -0.25) is 9.78 Å². The minimum Gasteiger partial charge on any atom is -0.512 e. The molecule has 0 amide bonds. The first-order valence-electron chi connectivity index (χ1n) is 13.6. The Morgan fingerprint density at radius 2 is 1.55 bits per heavy atom. The molecule has 2 heterocycles. The van der Waals surface area contributed by atoms with Crippen LogP contribution >= 0.6 is 0 Å². The molecule has 0 unspecified atom stereocenters. The average Bonchev–Trinajstić information content (AvgIpc) is 3.26. The number of allylic oxidation sites excluding steroid dienone is 2. The minimum atomic E-state index is -0.125. The number of aliphatic hydroxyl groups excluding tert-OH is 1. The van der Waals surface area contributed by atoms with Crippen molar-refractivity contribution in [3.63, 3.8) is 0 Å². The molecule has 0 bridgehead atoms. The first-order valence-corrected chi connectivity index (χ1v) is 13.6. The molecule has 5 heteroatoms. The molecular formula is C35H42IrNO3-. The smallest absolute Gasteiger partial charge is 0.217 e. The van der Waals surface area contributed by atoms with Crippen molar-refractivity contribution in [1.82, 2.24) is 4.98 Å². The second kappa shape index (κ2) is 13.6. The quantitative estimate of drug-likeness (QED) is 0.127. The summed E-state index contributed by atoms with van der Waals surface area (Å²) >= 11 is 0. The molecule has 0 saturated carbocycles. The van der Waals surface area contributed by atoms with Crippen molar-refractivity contribution < 1.29 is 34.4 Å². The Kier molecular flexibility index (Phi) is 11.3. The van der Waals surface area contributed by atoms with Gasteiger partial charge in [-0.05, 0) is 66.1 Å². The Hall–Kier alpha value is -3.01. The molecule has 2 aromatic heterocycles. The van der Waals surface area contributed by atoms with E-state index in [2.05, 4.69) is 110 Å². The van der Waals surface area contributed by atoms with Crippen molar-refractivity contribution in [2.75, 3.05) is 0 Å². The van der Waals surface area contributed by atoms with Gasteiger partial charge in [-0.15, -0.1) is 34.9 Å². The predicted molar refractivity (Wildman–Crippen MR) is 162 cm³/mol. The van der Waals surface area contributed by atoms with E-state index in [0.29, 0.717) is 17.5 Å². The molecule has 0 aliphatic heterocycles. The topological polar surface area (TPSA) is 63.3 Å². The fourth-order valence-corrected chi connectivity index (χ4v) is 4.28. The van der Waals surface area contributed by atoms with Crippen LogP contribution in [0.3, 0.4) is 0 Å². The van der Waals surface area contributed by atoms with E-state index in [1.807, 2.05) is 0 Å². The van der Waals surface area contributed by atoms with Gasteiger partial charge in [0.25, 0.3) is 0 Å². The SMILES string of the molecule is CC(=O)/C=C(/C)O.Cc1[c-]c(-c2ccc3cc(-c4cc(C(C)C)cc(C(C)C)c4)oc3n2)cc(C(C)(C)C)c1.[Ir]. The third kappa shape index (κ3) is 8.74. The van der Waals surface area contributed by atoms with Gasteiger partial charge in [-0.1, -0.05) is 73.6 Å². The van der Waals surface area contributed by atoms with Crippen LogP contribution in [-0.2, 0) is 30.3 Å². The molecule has 4 nitrogen and oxygen atoms in total. The van der Waals surface area contributed by atoms with Crippen LogP contribution < -0.4 is 0 Å². The number of aryl methyl sites for hydroxylation is 1. The molecule has 0 fully saturated rings. The van der Waals surface area contributed by atoms with E-state index in [-0.39, 0.29) is 37.1 Å². The predicted octanol–water partition coefficient (Wildman–Crippen LogP) is 9.85. The molecule has 0 saturated heterocycles. The summed E-state index contributed by atoms with van der Waals surface area (Å²) in [7, 11) is 0. The van der Waals surface area contributed by atoms with Gasteiger partial charge < -0.3 is 9.52 Å². The number of carbonyl (C=O) groups excluding carboxylic acids is 1. The Morgan fingerprint density at radius 3 is 2.02 bits per heavy atom. The van der Waals surface area contributed by atoms with Crippen molar-refractivity contribution in [1.29, 1.82) is 0 Å². The molecular weight excluding hydrogens is 675 g/mol. The van der Waals surface area contributed by atoms with Gasteiger partial charge in [0.1, 0.15) is 5.76 Å². The average molecular weight is 717 g/mol. The summed E-state index contributed by atoms with van der Waals surface area (Å²) in [5.74, 6) is 1.75. The number of carbonyl (C=O) groups is 1. The fourth-order valence-electron chi connectivity index (χ4n) is 4.28. The number of pyridine rings is 1. The third-order valence-electron chi connectivity index (χ3n) is 6.54. The zero-order valence-corrected chi connectivity index (χ0v) is 27.8. The van der Waals surface area contributed by atoms with Crippen LogP contribution in [0.2, 0.25) is 0 Å². The van der Waals surface area contributed by atoms with Crippen molar-refractivity contribution in [3.05, 3.63) is 88.7 Å². The molecule has 4 rings (SSSR count). The summed E-state index contributed by atoms with van der Waals surface area (Å²) in [6, 6.07) is 21.0. The first kappa shape index (κ1) is 33.2. The number of ketones is 1. The number of rotatable bonds is 5. The standard InChI is InChI=1S/C30H34NO.C5H8O2.Ir/c1-18(2)22-13-23(19(3)4)15-25(14-22)28-17-21-9-10-27(31-29(21)32-28)24-11-20(5)12-26(16-24)30(6,7)8;1-4(6)3-5(2)7;/h9-10,12-19H,1-8H3;3,6H,1-2H3;/q-1;;/b;4-3-;. The molecule has 1 N–H and O–H groups in total.